The molecule has 0 aliphatic rings. The monoisotopic (exact) mass is 1140 g/mol. The lowest BCUT2D eigenvalue weighted by atomic mass is 10.1. The SMILES string of the molecule is [C-]#[N+]c1ccc(F)c([C@@H](C)Nc2c(Cl)c(C)nc3cc(F)c(-c4cnc(OCCCCCn5cc(COCCOCCN(C)C(=O)CC[C@H](NC(=O)c6ccc(NCc7cnc8nc(N)[nH]c(=O)c8n7)cc6)C(=O)O)nn5)nc4)nc23)c1. The van der Waals surface area contributed by atoms with Crippen LogP contribution in [0.5, 0.6) is 6.01 Å². The number of benzene rings is 2. The quantitative estimate of drug-likeness (QED) is 0.0218. The fourth-order valence-electron chi connectivity index (χ4n) is 8.24. The van der Waals surface area contributed by atoms with Crippen molar-refractivity contribution in [1.82, 2.24) is 65.1 Å². The van der Waals surface area contributed by atoms with Gasteiger partial charge in [0.15, 0.2) is 22.7 Å². The topological polar surface area (TPSA) is 323 Å². The van der Waals surface area contributed by atoms with E-state index in [0.717, 1.165) is 12.8 Å². The molecule has 82 heavy (non-hydrogen) atoms. The number of H-pyrrole nitrogens is 1. The van der Waals surface area contributed by atoms with Crippen molar-refractivity contribution in [2.45, 2.75) is 77.7 Å². The number of aromatic nitrogens is 11. The number of aryl methyl sites for hydroxylation is 2. The Morgan fingerprint density at radius 1 is 0.927 bits per heavy atom. The standard InChI is InChI=1S/C54H56ClF2N17O8/c1-30(38-22-35(59-3)12-13-39(38)56)65-47-44(55)31(2)64-42-23-40(57)45(68-46(42)47)33-24-62-54(63-25-33)82-18-7-5-6-16-74-28-37(71-72-74)29-81-21-20-80-19-17-73(4)43(75)15-14-41(52(78)79)67-50(76)32-8-10-34(11-9-32)60-26-36-27-61-49-48(66-36)51(77)70-53(58)69-49/h8-13,22-25,27-28,30,41,60H,5-7,14-21,26,29H2,1-2,4H3,(H,64,65)(H,67,76)(H,78,79)(H3,58,61,69,70,77)/t30-,41+/m1/s1. The molecule has 25 nitrogen and oxygen atoms in total. The molecular weight excluding hydrogens is 1090 g/mol. The Labute approximate surface area is 471 Å². The fraction of sp³-hybridized carbons (Fsp3) is 0.333. The number of ether oxygens (including phenoxy) is 3. The number of amides is 2. The Morgan fingerprint density at radius 3 is 2.48 bits per heavy atom. The summed E-state index contributed by atoms with van der Waals surface area (Å²) in [5.74, 6) is -3.45. The number of unbranched alkanes of at least 4 members (excludes halogenated alkanes) is 2. The van der Waals surface area contributed by atoms with Gasteiger partial charge in [-0.05, 0) is 81.5 Å². The highest BCUT2D eigenvalue weighted by Gasteiger charge is 2.24. The molecule has 0 spiro atoms. The highest BCUT2D eigenvalue weighted by atomic mass is 35.5. The minimum Gasteiger partial charge on any atom is -0.480 e. The van der Waals surface area contributed by atoms with Crippen molar-refractivity contribution in [3.05, 3.63) is 140 Å². The van der Waals surface area contributed by atoms with Gasteiger partial charge in [0.1, 0.15) is 28.8 Å². The number of halogens is 3. The number of fused-ring (bicyclic) bond motifs is 2. The average molecular weight is 1140 g/mol. The second-order valence-corrected chi connectivity index (χ2v) is 19.1. The third-order valence-corrected chi connectivity index (χ3v) is 13.1. The minimum atomic E-state index is -1.31. The van der Waals surface area contributed by atoms with Crippen LogP contribution in [0, 0.1) is 25.1 Å². The third-order valence-electron chi connectivity index (χ3n) is 12.7. The van der Waals surface area contributed by atoms with Gasteiger partial charge in [0.05, 0.1) is 92.2 Å². The van der Waals surface area contributed by atoms with Gasteiger partial charge in [-0.15, -0.1) is 5.10 Å². The van der Waals surface area contributed by atoms with E-state index in [4.69, 9.17) is 38.1 Å². The number of nitrogen functional groups attached to an aromatic ring is 1. The molecule has 0 saturated heterocycles. The zero-order valence-corrected chi connectivity index (χ0v) is 45.4. The average Bonchev–Trinajstić information content (AvgIpc) is 4.03. The van der Waals surface area contributed by atoms with Gasteiger partial charge in [-0.1, -0.05) is 22.9 Å². The Morgan fingerprint density at radius 2 is 1.71 bits per heavy atom. The molecule has 0 unspecified atom stereocenters. The van der Waals surface area contributed by atoms with E-state index < -0.39 is 41.2 Å². The first-order valence-electron chi connectivity index (χ1n) is 25.8. The molecule has 0 aliphatic carbocycles. The maximum atomic E-state index is 15.5. The molecule has 0 aliphatic heterocycles. The number of carboxylic acids is 1. The summed E-state index contributed by atoms with van der Waals surface area (Å²) < 4.78 is 49.1. The molecule has 6 aromatic heterocycles. The molecule has 0 bridgehead atoms. The molecule has 28 heteroatoms. The Kier molecular flexibility index (Phi) is 19.8. The Bertz CT molecular complexity index is 3680. The number of pyridine rings is 2. The molecule has 0 radical (unpaired) electrons. The van der Waals surface area contributed by atoms with Crippen LogP contribution in [0.2, 0.25) is 5.02 Å². The van der Waals surface area contributed by atoms with Gasteiger partial charge in [0, 0.05) is 61.8 Å². The molecule has 0 fully saturated rings. The van der Waals surface area contributed by atoms with Crippen LogP contribution >= 0.6 is 11.6 Å². The summed E-state index contributed by atoms with van der Waals surface area (Å²) in [5.41, 5.74) is 9.12. The lowest BCUT2D eigenvalue weighted by Gasteiger charge is -2.20. The lowest BCUT2D eigenvalue weighted by Crippen LogP contribution is -2.42. The van der Waals surface area contributed by atoms with Crippen LogP contribution in [0.25, 0.3) is 38.3 Å². The first kappa shape index (κ1) is 58.8. The summed E-state index contributed by atoms with van der Waals surface area (Å²) >= 11 is 6.68. The van der Waals surface area contributed by atoms with Crippen LogP contribution in [0.3, 0.4) is 0 Å². The molecule has 6 heterocycles. The summed E-state index contributed by atoms with van der Waals surface area (Å²) in [7, 11) is 1.58. The molecule has 0 saturated carbocycles. The van der Waals surface area contributed by atoms with E-state index in [1.54, 1.807) is 43.9 Å². The molecule has 2 atom stereocenters. The smallest absolute Gasteiger partial charge is 0.326 e. The first-order valence-corrected chi connectivity index (χ1v) is 26.1. The Hall–Kier alpha value is -9.39. The van der Waals surface area contributed by atoms with Crippen molar-refractivity contribution in [3.63, 3.8) is 0 Å². The molecule has 8 rings (SSSR count). The summed E-state index contributed by atoms with van der Waals surface area (Å²) in [5, 5.41) is 27.1. The molecular formula is C54H56ClF2N17O8. The van der Waals surface area contributed by atoms with Gasteiger partial charge in [0.2, 0.25) is 11.9 Å². The van der Waals surface area contributed by atoms with E-state index in [1.165, 1.54) is 59.9 Å². The van der Waals surface area contributed by atoms with E-state index in [2.05, 4.69) is 71.0 Å². The Balaban J connectivity index is 0.674. The lowest BCUT2D eigenvalue weighted by molar-refractivity contribution is -0.139. The summed E-state index contributed by atoms with van der Waals surface area (Å²) in [4.78, 5) is 87.0. The number of carbonyl (C=O) groups is 3. The molecule has 2 amide bonds. The molecule has 426 valence electrons. The number of nitrogens with zero attached hydrogens (tertiary/aromatic N) is 12. The number of nitrogens with one attached hydrogen (secondary N) is 4. The van der Waals surface area contributed by atoms with Crippen molar-refractivity contribution >= 4 is 74.6 Å². The number of rotatable bonds is 28. The van der Waals surface area contributed by atoms with Crippen LogP contribution in [-0.2, 0) is 38.8 Å². The van der Waals surface area contributed by atoms with Gasteiger partial charge in [0.25, 0.3) is 11.5 Å². The van der Waals surface area contributed by atoms with E-state index in [-0.39, 0.29) is 126 Å². The number of aliphatic carboxylic acids is 1. The van der Waals surface area contributed by atoms with Crippen molar-refractivity contribution in [1.29, 1.82) is 0 Å². The van der Waals surface area contributed by atoms with Crippen LogP contribution in [0.4, 0.5) is 31.8 Å². The predicted molar refractivity (Wildman–Crippen MR) is 297 cm³/mol. The number of nitrogens with two attached hydrogens (primary N) is 1. The van der Waals surface area contributed by atoms with Crippen LogP contribution in [0.15, 0.2) is 78.1 Å². The highest BCUT2D eigenvalue weighted by Crippen LogP contribution is 2.37. The predicted octanol–water partition coefficient (Wildman–Crippen LogP) is 6.77. The zero-order valence-electron chi connectivity index (χ0n) is 44.7. The number of likely N-dealkylation sites (N-methyl/N-ethyl adjacent to an activating group) is 1. The first-order chi connectivity index (χ1) is 39.5. The van der Waals surface area contributed by atoms with E-state index in [0.29, 0.717) is 48.0 Å². The molecule has 7 N–H and O–H groups in total. The maximum absolute atomic E-state index is 15.5. The number of anilines is 3. The second-order valence-electron chi connectivity index (χ2n) is 18.7. The van der Waals surface area contributed by atoms with Crippen molar-refractivity contribution < 1.29 is 42.5 Å². The molecule has 2 aromatic carbocycles. The van der Waals surface area contributed by atoms with Crippen molar-refractivity contribution in [2.24, 2.45) is 0 Å². The van der Waals surface area contributed by atoms with Crippen molar-refractivity contribution in [2.75, 3.05) is 56.4 Å². The number of hydrogen-bond donors (Lipinski definition) is 6. The highest BCUT2D eigenvalue weighted by molar-refractivity contribution is 6.35. The van der Waals surface area contributed by atoms with Crippen LogP contribution < -0.4 is 32.0 Å². The third kappa shape index (κ3) is 15.5. The number of aromatic amines is 1. The maximum Gasteiger partial charge on any atom is 0.326 e. The molecule has 8 aromatic rings. The number of hydrogen-bond acceptors (Lipinski definition) is 19. The normalized spacial score (nSPS) is 12.0. The summed E-state index contributed by atoms with van der Waals surface area (Å²) in [6, 6.07) is 9.77. The summed E-state index contributed by atoms with van der Waals surface area (Å²) in [6.45, 7) is 13.1. The van der Waals surface area contributed by atoms with Crippen molar-refractivity contribution in [3.8, 4) is 17.3 Å². The van der Waals surface area contributed by atoms with Crippen LogP contribution in [-0.4, -0.2) is 129 Å². The van der Waals surface area contributed by atoms with E-state index >= 15 is 4.39 Å². The largest absolute Gasteiger partial charge is 0.480 e. The minimum absolute atomic E-state index is 0.0420. The number of carbonyl (C=O) groups excluding carboxylic acids is 2. The van der Waals surface area contributed by atoms with Crippen LogP contribution in [0.1, 0.15) is 78.1 Å². The van der Waals surface area contributed by atoms with E-state index in [1.807, 2.05) is 0 Å². The number of carboxylic acid groups (broad SMARTS) is 1. The van der Waals surface area contributed by atoms with Gasteiger partial charge in [-0.25, -0.2) is 48.3 Å². The van der Waals surface area contributed by atoms with Gasteiger partial charge < -0.3 is 45.9 Å². The van der Waals surface area contributed by atoms with Gasteiger partial charge in [-0.2, -0.15) is 4.98 Å². The van der Waals surface area contributed by atoms with E-state index in [9.17, 15) is 28.7 Å². The zero-order chi connectivity index (χ0) is 58.3. The van der Waals surface area contributed by atoms with Gasteiger partial charge in [-0.3, -0.25) is 24.0 Å². The fourth-order valence-corrected chi connectivity index (χ4v) is 8.42. The van der Waals surface area contributed by atoms with Gasteiger partial charge >= 0.3 is 12.0 Å². The summed E-state index contributed by atoms with van der Waals surface area (Å²) in [6.07, 6.45) is 8.12. The second kappa shape index (κ2) is 27.7.